The first-order chi connectivity index (χ1) is 12.2. The second-order valence-electron chi connectivity index (χ2n) is 4.87. The van der Waals surface area contributed by atoms with Crippen LogP contribution in [0.25, 0.3) is 11.1 Å². The van der Waals surface area contributed by atoms with Crippen LogP contribution in [0.3, 0.4) is 0 Å². The lowest BCUT2D eigenvalue weighted by Gasteiger charge is -2.08. The van der Waals surface area contributed by atoms with Crippen LogP contribution in [0.1, 0.15) is 0 Å². The Hall–Kier alpha value is -2.14. The van der Waals surface area contributed by atoms with Crippen molar-refractivity contribution < 1.29 is 9.21 Å². The largest absolute Gasteiger partial charge is 0.431 e. The van der Waals surface area contributed by atoms with Gasteiger partial charge in [0.2, 0.25) is 5.91 Å². The number of thioether (sulfide) groups is 2. The van der Waals surface area contributed by atoms with Gasteiger partial charge in [-0.1, -0.05) is 35.5 Å². The van der Waals surface area contributed by atoms with Gasteiger partial charge in [-0.2, -0.15) is 5.26 Å². The average molecular weight is 390 g/mol. The molecular formula is C17H12ClN3O2S2. The number of anilines is 1. The van der Waals surface area contributed by atoms with Gasteiger partial charge in [-0.25, -0.2) is 4.98 Å². The summed E-state index contributed by atoms with van der Waals surface area (Å²) in [5, 5.41) is 12.5. The number of fused-ring (bicyclic) bond motifs is 1. The van der Waals surface area contributed by atoms with E-state index >= 15 is 0 Å². The van der Waals surface area contributed by atoms with Crippen molar-refractivity contribution >= 4 is 57.8 Å². The number of carbonyl (C=O) groups excluding carboxylic acids is 1. The highest BCUT2D eigenvalue weighted by Gasteiger charge is 2.11. The van der Waals surface area contributed by atoms with Crippen LogP contribution in [-0.4, -0.2) is 22.4 Å². The van der Waals surface area contributed by atoms with Gasteiger partial charge in [0.05, 0.1) is 23.3 Å². The standard InChI is InChI=1S/C17H12ClN3O2S2/c18-11-5-6-12-14(9-11)23-17(21-12)25-10-16(22)20-13-3-1-2-4-15(13)24-8-7-19/h1-6,9H,8,10H2,(H,20,22). The predicted molar refractivity (Wildman–Crippen MR) is 101 cm³/mol. The highest BCUT2D eigenvalue weighted by atomic mass is 35.5. The summed E-state index contributed by atoms with van der Waals surface area (Å²) in [6, 6.07) is 14.7. The monoisotopic (exact) mass is 389 g/mol. The first-order valence-corrected chi connectivity index (χ1v) is 9.58. The molecular weight excluding hydrogens is 378 g/mol. The Kier molecular flexibility index (Phi) is 5.87. The lowest BCUT2D eigenvalue weighted by atomic mass is 10.3. The van der Waals surface area contributed by atoms with Crippen molar-refractivity contribution in [3.8, 4) is 6.07 Å². The zero-order valence-electron chi connectivity index (χ0n) is 12.9. The molecule has 1 N–H and O–H groups in total. The van der Waals surface area contributed by atoms with Gasteiger partial charge in [0.1, 0.15) is 5.52 Å². The summed E-state index contributed by atoms with van der Waals surface area (Å²) >= 11 is 8.51. The van der Waals surface area contributed by atoms with E-state index in [-0.39, 0.29) is 11.7 Å². The maximum Gasteiger partial charge on any atom is 0.257 e. The molecule has 0 saturated carbocycles. The summed E-state index contributed by atoms with van der Waals surface area (Å²) in [6.07, 6.45) is 0. The molecule has 2 aromatic carbocycles. The zero-order valence-corrected chi connectivity index (χ0v) is 15.2. The molecule has 126 valence electrons. The molecule has 0 bridgehead atoms. The molecule has 1 amide bonds. The van der Waals surface area contributed by atoms with Crippen LogP contribution < -0.4 is 5.32 Å². The fraction of sp³-hybridized carbons (Fsp3) is 0.118. The van der Waals surface area contributed by atoms with Crippen LogP contribution >= 0.6 is 35.1 Å². The van der Waals surface area contributed by atoms with Crippen LogP contribution in [0, 0.1) is 11.3 Å². The second-order valence-corrected chi connectivity index (χ2v) is 7.25. The number of benzene rings is 2. The number of para-hydroxylation sites is 1. The van der Waals surface area contributed by atoms with Gasteiger partial charge < -0.3 is 9.73 Å². The number of rotatable bonds is 6. The fourth-order valence-corrected chi connectivity index (χ4v) is 3.53. The number of carbonyl (C=O) groups is 1. The van der Waals surface area contributed by atoms with Crippen molar-refractivity contribution in [2.75, 3.05) is 16.8 Å². The Morgan fingerprint density at radius 2 is 2.12 bits per heavy atom. The van der Waals surface area contributed by atoms with E-state index in [9.17, 15) is 4.79 Å². The Balaban J connectivity index is 1.62. The SMILES string of the molecule is N#CCSc1ccccc1NC(=O)CSc1nc2ccc(Cl)cc2o1. The number of amides is 1. The number of halogens is 1. The number of hydrogen-bond donors (Lipinski definition) is 1. The van der Waals surface area contributed by atoms with Gasteiger partial charge in [-0.15, -0.1) is 11.8 Å². The summed E-state index contributed by atoms with van der Waals surface area (Å²) in [5.41, 5.74) is 1.98. The normalized spacial score (nSPS) is 10.6. The van der Waals surface area contributed by atoms with Crippen LogP contribution in [0.2, 0.25) is 5.02 Å². The van der Waals surface area contributed by atoms with E-state index in [0.717, 1.165) is 4.90 Å². The number of nitriles is 1. The van der Waals surface area contributed by atoms with Crippen molar-refractivity contribution in [1.29, 1.82) is 5.26 Å². The van der Waals surface area contributed by atoms with Gasteiger partial charge in [0.15, 0.2) is 5.58 Å². The molecule has 1 heterocycles. The maximum absolute atomic E-state index is 12.2. The molecule has 0 spiro atoms. The molecule has 5 nitrogen and oxygen atoms in total. The van der Waals surface area contributed by atoms with Crippen LogP contribution in [0.5, 0.6) is 0 Å². The van der Waals surface area contributed by atoms with Crippen molar-refractivity contribution in [3.05, 3.63) is 47.5 Å². The molecule has 0 saturated heterocycles. The molecule has 8 heteroatoms. The van der Waals surface area contributed by atoms with E-state index in [1.165, 1.54) is 23.5 Å². The van der Waals surface area contributed by atoms with Crippen molar-refractivity contribution in [1.82, 2.24) is 4.98 Å². The van der Waals surface area contributed by atoms with Crippen molar-refractivity contribution in [2.24, 2.45) is 0 Å². The molecule has 3 rings (SSSR count). The molecule has 0 radical (unpaired) electrons. The van der Waals surface area contributed by atoms with Gasteiger partial charge in [0.25, 0.3) is 5.22 Å². The van der Waals surface area contributed by atoms with E-state index in [2.05, 4.69) is 16.4 Å². The minimum atomic E-state index is -0.171. The first-order valence-electron chi connectivity index (χ1n) is 7.23. The third-order valence-electron chi connectivity index (χ3n) is 3.11. The Morgan fingerprint density at radius 1 is 1.28 bits per heavy atom. The van der Waals surface area contributed by atoms with Crippen LogP contribution in [0.15, 0.2) is 57.0 Å². The topological polar surface area (TPSA) is 78.9 Å². The summed E-state index contributed by atoms with van der Waals surface area (Å²) in [5.74, 6) is 0.320. The fourth-order valence-electron chi connectivity index (χ4n) is 2.06. The first kappa shape index (κ1) is 17.7. The van der Waals surface area contributed by atoms with E-state index in [0.29, 0.717) is 32.8 Å². The molecule has 0 aliphatic heterocycles. The Bertz CT molecular complexity index is 952. The Morgan fingerprint density at radius 3 is 2.96 bits per heavy atom. The van der Waals surface area contributed by atoms with Gasteiger partial charge in [-0.05, 0) is 24.3 Å². The lowest BCUT2D eigenvalue weighted by molar-refractivity contribution is -0.113. The average Bonchev–Trinajstić information content (AvgIpc) is 3.01. The molecule has 3 aromatic rings. The number of nitrogens with zero attached hydrogens (tertiary/aromatic N) is 2. The van der Waals surface area contributed by atoms with Gasteiger partial charge in [0, 0.05) is 16.0 Å². The summed E-state index contributed by atoms with van der Waals surface area (Å²) in [7, 11) is 0. The van der Waals surface area contributed by atoms with Gasteiger partial charge >= 0.3 is 0 Å². The highest BCUT2D eigenvalue weighted by molar-refractivity contribution is 8.00. The van der Waals surface area contributed by atoms with E-state index in [1.54, 1.807) is 18.2 Å². The molecule has 1 aromatic heterocycles. The molecule has 0 atom stereocenters. The predicted octanol–water partition coefficient (Wildman–Crippen LogP) is 4.83. The van der Waals surface area contributed by atoms with E-state index in [4.69, 9.17) is 21.3 Å². The third-order valence-corrected chi connectivity index (χ3v) is 5.11. The van der Waals surface area contributed by atoms with Gasteiger partial charge in [-0.3, -0.25) is 4.79 Å². The smallest absolute Gasteiger partial charge is 0.257 e. The molecule has 0 aliphatic carbocycles. The highest BCUT2D eigenvalue weighted by Crippen LogP contribution is 2.28. The van der Waals surface area contributed by atoms with E-state index in [1.807, 2.05) is 24.3 Å². The molecule has 0 fully saturated rings. The quantitative estimate of drug-likeness (QED) is 0.608. The maximum atomic E-state index is 12.2. The minimum absolute atomic E-state index is 0.164. The van der Waals surface area contributed by atoms with Crippen LogP contribution in [0.4, 0.5) is 5.69 Å². The number of hydrogen-bond acceptors (Lipinski definition) is 6. The minimum Gasteiger partial charge on any atom is -0.431 e. The lowest BCUT2D eigenvalue weighted by Crippen LogP contribution is -2.14. The summed E-state index contributed by atoms with van der Waals surface area (Å²) < 4.78 is 5.57. The molecule has 0 aliphatic rings. The number of nitrogens with one attached hydrogen (secondary N) is 1. The third kappa shape index (κ3) is 4.69. The van der Waals surface area contributed by atoms with Crippen molar-refractivity contribution in [2.45, 2.75) is 10.1 Å². The summed E-state index contributed by atoms with van der Waals surface area (Å²) in [4.78, 5) is 17.4. The van der Waals surface area contributed by atoms with E-state index < -0.39 is 0 Å². The molecule has 0 unspecified atom stereocenters. The van der Waals surface area contributed by atoms with Crippen LogP contribution in [-0.2, 0) is 4.79 Å². The number of oxazole rings is 1. The second kappa shape index (κ2) is 8.30. The number of aromatic nitrogens is 1. The zero-order chi connectivity index (χ0) is 17.6. The summed E-state index contributed by atoms with van der Waals surface area (Å²) in [6.45, 7) is 0. The molecule has 25 heavy (non-hydrogen) atoms. The van der Waals surface area contributed by atoms with Crippen molar-refractivity contribution in [3.63, 3.8) is 0 Å². The Labute approximate surface area is 157 Å².